The van der Waals surface area contributed by atoms with E-state index in [0.29, 0.717) is 18.0 Å². The van der Waals surface area contributed by atoms with Gasteiger partial charge in [0.2, 0.25) is 0 Å². The molecule has 0 saturated carbocycles. The number of rotatable bonds is 4. The quantitative estimate of drug-likeness (QED) is 0.855. The van der Waals surface area contributed by atoms with Crippen molar-refractivity contribution in [2.45, 2.75) is 33.3 Å². The van der Waals surface area contributed by atoms with Crippen molar-refractivity contribution >= 4 is 11.5 Å². The minimum absolute atomic E-state index is 0.118. The van der Waals surface area contributed by atoms with Gasteiger partial charge >= 0.3 is 0 Å². The van der Waals surface area contributed by atoms with Gasteiger partial charge in [0.25, 0.3) is 0 Å². The SMILES string of the molecule is CC(C)(C)CC(O)CNc1ccc2nncn2n1. The van der Waals surface area contributed by atoms with Crippen molar-refractivity contribution in [3.8, 4) is 0 Å². The Morgan fingerprint density at radius 2 is 2.17 bits per heavy atom. The van der Waals surface area contributed by atoms with Crippen molar-refractivity contribution in [2.75, 3.05) is 11.9 Å². The van der Waals surface area contributed by atoms with E-state index >= 15 is 0 Å². The Balaban J connectivity index is 1.93. The Morgan fingerprint density at radius 1 is 1.39 bits per heavy atom. The van der Waals surface area contributed by atoms with Gasteiger partial charge in [-0.2, -0.15) is 4.52 Å². The van der Waals surface area contributed by atoms with Crippen LogP contribution in [0.1, 0.15) is 27.2 Å². The number of aromatic nitrogens is 4. The van der Waals surface area contributed by atoms with E-state index in [0.717, 1.165) is 6.42 Å². The molecule has 2 N–H and O–H groups in total. The fraction of sp³-hybridized carbons (Fsp3) is 0.583. The summed E-state index contributed by atoms with van der Waals surface area (Å²) in [6, 6.07) is 3.66. The third-order valence-electron chi connectivity index (χ3n) is 2.53. The lowest BCUT2D eigenvalue weighted by molar-refractivity contribution is 0.132. The first-order valence-electron chi connectivity index (χ1n) is 6.03. The van der Waals surface area contributed by atoms with E-state index in [1.165, 1.54) is 0 Å². The molecule has 0 radical (unpaired) electrons. The van der Waals surface area contributed by atoms with Crippen LogP contribution in [0.5, 0.6) is 0 Å². The van der Waals surface area contributed by atoms with E-state index in [1.807, 2.05) is 12.1 Å². The molecule has 0 aliphatic rings. The Bertz CT molecular complexity index is 516. The van der Waals surface area contributed by atoms with Gasteiger partial charge in [0.05, 0.1) is 6.10 Å². The summed E-state index contributed by atoms with van der Waals surface area (Å²) >= 11 is 0. The molecule has 6 heteroatoms. The molecule has 0 aromatic carbocycles. The van der Waals surface area contributed by atoms with Gasteiger partial charge in [-0.1, -0.05) is 20.8 Å². The van der Waals surface area contributed by atoms with Crippen LogP contribution in [0.2, 0.25) is 0 Å². The maximum atomic E-state index is 9.90. The molecule has 0 aliphatic carbocycles. The van der Waals surface area contributed by atoms with Crippen LogP contribution in [0.4, 0.5) is 5.82 Å². The first-order chi connectivity index (χ1) is 8.44. The molecule has 2 aromatic rings. The van der Waals surface area contributed by atoms with Crippen LogP contribution in [0.15, 0.2) is 18.5 Å². The second kappa shape index (κ2) is 4.89. The first-order valence-corrected chi connectivity index (χ1v) is 6.03. The highest BCUT2D eigenvalue weighted by molar-refractivity contribution is 5.42. The molecule has 0 bridgehead atoms. The summed E-state index contributed by atoms with van der Waals surface area (Å²) in [5.41, 5.74) is 0.822. The maximum absolute atomic E-state index is 9.90. The van der Waals surface area contributed by atoms with Crippen LogP contribution in [0.3, 0.4) is 0 Å². The number of hydrogen-bond acceptors (Lipinski definition) is 5. The van der Waals surface area contributed by atoms with Gasteiger partial charge in [0.1, 0.15) is 12.1 Å². The molecule has 0 spiro atoms. The molecule has 2 heterocycles. The zero-order chi connectivity index (χ0) is 13.2. The predicted octanol–water partition coefficient (Wildman–Crippen LogP) is 1.33. The third kappa shape index (κ3) is 3.40. The number of hydrogen-bond donors (Lipinski definition) is 2. The lowest BCUT2D eigenvalue weighted by Crippen LogP contribution is -2.25. The molecule has 2 aromatic heterocycles. The van der Waals surface area contributed by atoms with Gasteiger partial charge in [-0.25, -0.2) is 0 Å². The van der Waals surface area contributed by atoms with Crippen molar-refractivity contribution in [2.24, 2.45) is 5.41 Å². The van der Waals surface area contributed by atoms with E-state index in [2.05, 4.69) is 41.4 Å². The van der Waals surface area contributed by atoms with Crippen LogP contribution < -0.4 is 5.32 Å². The van der Waals surface area contributed by atoms with Crippen molar-refractivity contribution in [3.63, 3.8) is 0 Å². The fourth-order valence-electron chi connectivity index (χ4n) is 1.82. The van der Waals surface area contributed by atoms with Crippen molar-refractivity contribution < 1.29 is 5.11 Å². The highest BCUT2D eigenvalue weighted by atomic mass is 16.3. The number of fused-ring (bicyclic) bond motifs is 1. The van der Waals surface area contributed by atoms with Crippen LogP contribution in [0.25, 0.3) is 5.65 Å². The smallest absolute Gasteiger partial charge is 0.177 e. The molecule has 1 atom stereocenters. The molecular weight excluding hydrogens is 230 g/mol. The van der Waals surface area contributed by atoms with Gasteiger partial charge in [-0.3, -0.25) is 0 Å². The van der Waals surface area contributed by atoms with Crippen molar-refractivity contribution in [3.05, 3.63) is 18.5 Å². The molecule has 1 unspecified atom stereocenters. The molecule has 0 amide bonds. The molecule has 2 rings (SSSR count). The van der Waals surface area contributed by atoms with E-state index in [4.69, 9.17) is 0 Å². The molecule has 18 heavy (non-hydrogen) atoms. The minimum Gasteiger partial charge on any atom is -0.391 e. The summed E-state index contributed by atoms with van der Waals surface area (Å²) in [7, 11) is 0. The lowest BCUT2D eigenvalue weighted by Gasteiger charge is -2.22. The van der Waals surface area contributed by atoms with Crippen LogP contribution in [-0.2, 0) is 0 Å². The van der Waals surface area contributed by atoms with E-state index < -0.39 is 0 Å². The highest BCUT2D eigenvalue weighted by Crippen LogP contribution is 2.20. The van der Waals surface area contributed by atoms with Gasteiger partial charge in [0.15, 0.2) is 5.65 Å². The standard InChI is InChI=1S/C12H19N5O/c1-12(2,3)6-9(18)7-13-10-4-5-11-15-14-8-17(11)16-10/h4-5,8-9,18H,6-7H2,1-3H3,(H,13,16). The molecule has 0 aliphatic heterocycles. The number of aliphatic hydroxyl groups is 1. The Labute approximate surface area is 106 Å². The second-order valence-corrected chi connectivity index (χ2v) is 5.65. The van der Waals surface area contributed by atoms with Crippen LogP contribution in [-0.4, -0.2) is 37.6 Å². The summed E-state index contributed by atoms with van der Waals surface area (Å²) in [5.74, 6) is 0.704. The number of nitrogens with zero attached hydrogens (tertiary/aromatic N) is 4. The van der Waals surface area contributed by atoms with E-state index in [-0.39, 0.29) is 11.5 Å². The molecular formula is C12H19N5O. The molecule has 0 fully saturated rings. The highest BCUT2D eigenvalue weighted by Gasteiger charge is 2.16. The fourth-order valence-corrected chi connectivity index (χ4v) is 1.82. The second-order valence-electron chi connectivity index (χ2n) is 5.65. The van der Waals surface area contributed by atoms with Crippen LogP contribution in [0, 0.1) is 5.41 Å². The Kier molecular flexibility index (Phi) is 3.47. The van der Waals surface area contributed by atoms with E-state index in [1.54, 1.807) is 10.8 Å². The van der Waals surface area contributed by atoms with E-state index in [9.17, 15) is 5.11 Å². The van der Waals surface area contributed by atoms with Crippen molar-refractivity contribution in [1.82, 2.24) is 19.8 Å². The van der Waals surface area contributed by atoms with Gasteiger partial charge < -0.3 is 10.4 Å². The number of anilines is 1. The van der Waals surface area contributed by atoms with Crippen LogP contribution >= 0.6 is 0 Å². The largest absolute Gasteiger partial charge is 0.391 e. The maximum Gasteiger partial charge on any atom is 0.177 e. The molecule has 98 valence electrons. The number of aliphatic hydroxyl groups excluding tert-OH is 1. The summed E-state index contributed by atoms with van der Waals surface area (Å²) in [5, 5.41) is 24.9. The zero-order valence-electron chi connectivity index (χ0n) is 11.0. The molecule has 0 saturated heterocycles. The van der Waals surface area contributed by atoms with Gasteiger partial charge in [0, 0.05) is 6.54 Å². The van der Waals surface area contributed by atoms with Crippen molar-refractivity contribution in [1.29, 1.82) is 0 Å². The summed E-state index contributed by atoms with van der Waals surface area (Å²) in [6.07, 6.45) is 1.91. The Hall–Kier alpha value is -1.69. The normalized spacial score (nSPS) is 13.8. The Morgan fingerprint density at radius 3 is 2.89 bits per heavy atom. The predicted molar refractivity (Wildman–Crippen MR) is 69.4 cm³/mol. The topological polar surface area (TPSA) is 75.3 Å². The third-order valence-corrected chi connectivity index (χ3v) is 2.53. The monoisotopic (exact) mass is 249 g/mol. The van der Waals surface area contributed by atoms with Gasteiger partial charge in [-0.15, -0.1) is 15.3 Å². The summed E-state index contributed by atoms with van der Waals surface area (Å²) < 4.78 is 1.60. The molecule has 6 nitrogen and oxygen atoms in total. The lowest BCUT2D eigenvalue weighted by atomic mass is 9.89. The first kappa shape index (κ1) is 12.8. The number of nitrogens with one attached hydrogen (secondary N) is 1. The average molecular weight is 249 g/mol. The average Bonchev–Trinajstić information content (AvgIpc) is 2.71. The summed E-state index contributed by atoms with van der Waals surface area (Å²) in [6.45, 7) is 6.81. The zero-order valence-corrected chi connectivity index (χ0v) is 11.0. The van der Waals surface area contributed by atoms with Gasteiger partial charge in [-0.05, 0) is 24.0 Å². The summed E-state index contributed by atoms with van der Waals surface area (Å²) in [4.78, 5) is 0. The minimum atomic E-state index is -0.386.